The van der Waals surface area contributed by atoms with E-state index >= 15 is 0 Å². The van der Waals surface area contributed by atoms with Crippen molar-refractivity contribution in [3.63, 3.8) is 0 Å². The van der Waals surface area contributed by atoms with E-state index in [0.29, 0.717) is 16.4 Å². The molecule has 3 N–H and O–H groups in total. The molecule has 0 bridgehead atoms. The lowest BCUT2D eigenvalue weighted by Crippen LogP contribution is -2.33. The van der Waals surface area contributed by atoms with Crippen LogP contribution in [0, 0.1) is 0 Å². The lowest BCUT2D eigenvalue weighted by Gasteiger charge is -2.16. The van der Waals surface area contributed by atoms with Gasteiger partial charge in [0.1, 0.15) is 5.82 Å². The molecule has 0 saturated heterocycles. The van der Waals surface area contributed by atoms with Crippen molar-refractivity contribution in [3.8, 4) is 0 Å². The SMILES string of the molecule is CCC(C)n1nccc1NC(=O)NCC(O)c1ccc(Cl)cc1. The molecule has 6 nitrogen and oxygen atoms in total. The van der Waals surface area contributed by atoms with Gasteiger partial charge in [0.15, 0.2) is 0 Å². The van der Waals surface area contributed by atoms with E-state index in [1.54, 1.807) is 41.2 Å². The zero-order chi connectivity index (χ0) is 16.8. The number of anilines is 1. The number of halogens is 1. The van der Waals surface area contributed by atoms with Crippen LogP contribution in [0.1, 0.15) is 38.0 Å². The number of hydrogen-bond donors (Lipinski definition) is 3. The van der Waals surface area contributed by atoms with Crippen molar-refractivity contribution in [2.24, 2.45) is 0 Å². The average molecular weight is 337 g/mol. The normalized spacial score (nSPS) is 13.4. The lowest BCUT2D eigenvalue weighted by molar-refractivity contribution is 0.175. The fourth-order valence-electron chi connectivity index (χ4n) is 2.09. The Bertz CT molecular complexity index is 642. The molecule has 0 saturated carbocycles. The fraction of sp³-hybridized carbons (Fsp3) is 0.375. The molecule has 0 radical (unpaired) electrons. The third kappa shape index (κ3) is 4.71. The van der Waals surface area contributed by atoms with Crippen LogP contribution in [-0.4, -0.2) is 27.5 Å². The van der Waals surface area contributed by atoms with Gasteiger partial charge in [0.05, 0.1) is 18.3 Å². The summed E-state index contributed by atoms with van der Waals surface area (Å²) in [5.41, 5.74) is 0.694. The van der Waals surface area contributed by atoms with Crippen molar-refractivity contribution in [1.29, 1.82) is 0 Å². The van der Waals surface area contributed by atoms with E-state index in [1.165, 1.54) is 0 Å². The van der Waals surface area contributed by atoms with Crippen molar-refractivity contribution in [3.05, 3.63) is 47.1 Å². The number of nitrogens with one attached hydrogen (secondary N) is 2. The van der Waals surface area contributed by atoms with Gasteiger partial charge in [-0.3, -0.25) is 5.32 Å². The van der Waals surface area contributed by atoms with Gasteiger partial charge in [-0.1, -0.05) is 30.7 Å². The Morgan fingerprint density at radius 1 is 1.35 bits per heavy atom. The van der Waals surface area contributed by atoms with Crippen LogP contribution in [0.4, 0.5) is 10.6 Å². The Labute approximate surface area is 140 Å². The maximum atomic E-state index is 12.0. The number of aromatic nitrogens is 2. The molecule has 2 rings (SSSR count). The van der Waals surface area contributed by atoms with E-state index in [2.05, 4.69) is 22.7 Å². The van der Waals surface area contributed by atoms with Gasteiger partial charge in [0.2, 0.25) is 0 Å². The molecule has 0 fully saturated rings. The van der Waals surface area contributed by atoms with Gasteiger partial charge in [0.25, 0.3) is 0 Å². The van der Waals surface area contributed by atoms with E-state index in [4.69, 9.17) is 11.6 Å². The van der Waals surface area contributed by atoms with Crippen LogP contribution in [0.15, 0.2) is 36.5 Å². The Kier molecular flexibility index (Phi) is 6.01. The molecule has 0 aliphatic heterocycles. The minimum absolute atomic E-state index is 0.102. The molecule has 7 heteroatoms. The highest BCUT2D eigenvalue weighted by molar-refractivity contribution is 6.30. The molecule has 1 heterocycles. The Hall–Kier alpha value is -2.05. The van der Waals surface area contributed by atoms with E-state index in [1.807, 2.05) is 6.92 Å². The summed E-state index contributed by atoms with van der Waals surface area (Å²) in [5, 5.41) is 20.3. The third-order valence-electron chi connectivity index (χ3n) is 3.63. The first kappa shape index (κ1) is 17.3. The first-order valence-corrected chi connectivity index (χ1v) is 7.91. The topological polar surface area (TPSA) is 79.2 Å². The smallest absolute Gasteiger partial charge is 0.320 e. The summed E-state index contributed by atoms with van der Waals surface area (Å²) >= 11 is 5.81. The molecule has 0 spiro atoms. The average Bonchev–Trinajstić information content (AvgIpc) is 3.00. The molecule has 0 aliphatic carbocycles. The number of hydrogen-bond acceptors (Lipinski definition) is 3. The van der Waals surface area contributed by atoms with Crippen LogP contribution in [0.5, 0.6) is 0 Å². The van der Waals surface area contributed by atoms with Crippen molar-refractivity contribution in [1.82, 2.24) is 15.1 Å². The summed E-state index contributed by atoms with van der Waals surface area (Å²) in [5.74, 6) is 0.623. The van der Waals surface area contributed by atoms with Crippen LogP contribution in [0.2, 0.25) is 5.02 Å². The van der Waals surface area contributed by atoms with Crippen molar-refractivity contribution >= 4 is 23.4 Å². The molecule has 0 aliphatic rings. The highest BCUT2D eigenvalue weighted by Gasteiger charge is 2.13. The standard InChI is InChI=1S/C16H21ClN4O2/c1-3-11(2)21-15(8-9-19-21)20-16(23)18-10-14(22)12-4-6-13(17)7-5-12/h4-9,11,14,22H,3,10H2,1-2H3,(H2,18,20,23). The molecule has 124 valence electrons. The number of carbonyl (C=O) groups is 1. The maximum absolute atomic E-state index is 12.0. The van der Waals surface area contributed by atoms with Crippen LogP contribution in [0.3, 0.4) is 0 Å². The zero-order valence-electron chi connectivity index (χ0n) is 13.2. The van der Waals surface area contributed by atoms with Gasteiger partial charge in [-0.05, 0) is 31.0 Å². The summed E-state index contributed by atoms with van der Waals surface area (Å²) in [6.45, 7) is 4.18. The number of aliphatic hydroxyl groups is 1. The van der Waals surface area contributed by atoms with Crippen LogP contribution >= 0.6 is 11.6 Å². The maximum Gasteiger partial charge on any atom is 0.320 e. The molecule has 2 aromatic rings. The Morgan fingerprint density at radius 2 is 2.04 bits per heavy atom. The van der Waals surface area contributed by atoms with Crippen LogP contribution in [0.25, 0.3) is 0 Å². The minimum atomic E-state index is -0.794. The molecule has 2 atom stereocenters. The highest BCUT2D eigenvalue weighted by Crippen LogP contribution is 2.17. The van der Waals surface area contributed by atoms with Gasteiger partial charge >= 0.3 is 6.03 Å². The Morgan fingerprint density at radius 3 is 2.70 bits per heavy atom. The zero-order valence-corrected chi connectivity index (χ0v) is 13.9. The first-order chi connectivity index (χ1) is 11.0. The fourth-order valence-corrected chi connectivity index (χ4v) is 2.22. The first-order valence-electron chi connectivity index (χ1n) is 7.53. The minimum Gasteiger partial charge on any atom is -0.387 e. The number of urea groups is 1. The number of aliphatic hydroxyl groups excluding tert-OH is 1. The quantitative estimate of drug-likeness (QED) is 0.756. The molecule has 2 amide bonds. The van der Waals surface area contributed by atoms with Gasteiger partial charge in [-0.2, -0.15) is 5.10 Å². The predicted octanol–water partition coefficient (Wildman–Crippen LogP) is 3.36. The summed E-state index contributed by atoms with van der Waals surface area (Å²) in [4.78, 5) is 12.0. The molecule has 2 unspecified atom stereocenters. The summed E-state index contributed by atoms with van der Waals surface area (Å²) in [6.07, 6.45) is 1.76. The molecule has 1 aromatic heterocycles. The highest BCUT2D eigenvalue weighted by atomic mass is 35.5. The van der Waals surface area contributed by atoms with E-state index in [0.717, 1.165) is 6.42 Å². The largest absolute Gasteiger partial charge is 0.387 e. The molecule has 23 heavy (non-hydrogen) atoms. The van der Waals surface area contributed by atoms with Gasteiger partial charge in [-0.15, -0.1) is 0 Å². The second-order valence-corrected chi connectivity index (χ2v) is 5.76. The monoisotopic (exact) mass is 336 g/mol. The summed E-state index contributed by atoms with van der Waals surface area (Å²) in [7, 11) is 0. The Balaban J connectivity index is 1.88. The molecule has 1 aromatic carbocycles. The number of nitrogens with zero attached hydrogens (tertiary/aromatic N) is 2. The van der Waals surface area contributed by atoms with Crippen molar-refractivity contribution in [2.45, 2.75) is 32.4 Å². The van der Waals surface area contributed by atoms with Crippen LogP contribution in [-0.2, 0) is 0 Å². The predicted molar refractivity (Wildman–Crippen MR) is 90.7 cm³/mol. The number of amides is 2. The van der Waals surface area contributed by atoms with Crippen LogP contribution < -0.4 is 10.6 Å². The van der Waals surface area contributed by atoms with Gasteiger partial charge < -0.3 is 10.4 Å². The van der Waals surface area contributed by atoms with Gasteiger partial charge in [0, 0.05) is 17.6 Å². The lowest BCUT2D eigenvalue weighted by atomic mass is 10.1. The van der Waals surface area contributed by atoms with E-state index < -0.39 is 6.10 Å². The van der Waals surface area contributed by atoms with Crippen molar-refractivity contribution < 1.29 is 9.90 Å². The van der Waals surface area contributed by atoms with Crippen molar-refractivity contribution in [2.75, 3.05) is 11.9 Å². The summed E-state index contributed by atoms with van der Waals surface area (Å²) < 4.78 is 1.76. The van der Waals surface area contributed by atoms with E-state index in [-0.39, 0.29) is 18.6 Å². The second-order valence-electron chi connectivity index (χ2n) is 5.32. The molecular weight excluding hydrogens is 316 g/mol. The number of rotatable bonds is 6. The van der Waals surface area contributed by atoms with E-state index in [9.17, 15) is 9.90 Å². The second kappa shape index (κ2) is 7.99. The summed E-state index contributed by atoms with van der Waals surface area (Å²) in [6, 6.07) is 8.40. The third-order valence-corrected chi connectivity index (χ3v) is 3.88. The number of carbonyl (C=O) groups excluding carboxylic acids is 1. The van der Waals surface area contributed by atoms with Gasteiger partial charge in [-0.25, -0.2) is 9.48 Å². The molecular formula is C16H21ClN4O2. The number of benzene rings is 1.